The highest BCUT2D eigenvalue weighted by Gasteiger charge is 2.34. The Morgan fingerprint density at radius 1 is 1.29 bits per heavy atom. The summed E-state index contributed by atoms with van der Waals surface area (Å²) in [5, 5.41) is 9.01. The minimum absolute atomic E-state index is 0.0672. The van der Waals surface area contributed by atoms with E-state index in [1.807, 2.05) is 42.0 Å². The van der Waals surface area contributed by atoms with E-state index in [-0.39, 0.29) is 18.9 Å². The van der Waals surface area contributed by atoms with Gasteiger partial charge in [0.2, 0.25) is 5.91 Å². The molecule has 3 rings (SSSR count). The molecular weight excluding hydrogens is 270 g/mol. The monoisotopic (exact) mass is 285 g/mol. The summed E-state index contributed by atoms with van der Waals surface area (Å²) in [5.74, 6) is -0.801. The SMILES string of the molecule is Cc1nccn1-c1ccc(N2CC(C(=O)O)CC2=O)cc1. The van der Waals surface area contributed by atoms with Gasteiger partial charge in [-0.05, 0) is 31.2 Å². The Balaban J connectivity index is 1.83. The Hall–Kier alpha value is -2.63. The van der Waals surface area contributed by atoms with Crippen molar-refractivity contribution in [3.63, 3.8) is 0 Å². The fourth-order valence-corrected chi connectivity index (χ4v) is 2.57. The maximum Gasteiger partial charge on any atom is 0.308 e. The van der Waals surface area contributed by atoms with Gasteiger partial charge in [0, 0.05) is 36.7 Å². The topological polar surface area (TPSA) is 75.4 Å². The fraction of sp³-hybridized carbons (Fsp3) is 0.267. The Morgan fingerprint density at radius 3 is 2.48 bits per heavy atom. The Morgan fingerprint density at radius 2 is 1.95 bits per heavy atom. The van der Waals surface area contributed by atoms with Crippen LogP contribution in [0.3, 0.4) is 0 Å². The number of rotatable bonds is 3. The molecule has 0 bridgehead atoms. The zero-order valence-electron chi connectivity index (χ0n) is 11.6. The zero-order chi connectivity index (χ0) is 15.0. The molecule has 0 spiro atoms. The van der Waals surface area contributed by atoms with Crippen LogP contribution < -0.4 is 4.90 Å². The van der Waals surface area contributed by atoms with Crippen molar-refractivity contribution in [2.75, 3.05) is 11.4 Å². The van der Waals surface area contributed by atoms with Crippen LogP contribution in [0.25, 0.3) is 5.69 Å². The van der Waals surface area contributed by atoms with Crippen molar-refractivity contribution < 1.29 is 14.7 Å². The first-order valence-electron chi connectivity index (χ1n) is 6.70. The maximum absolute atomic E-state index is 11.9. The number of nitrogens with zero attached hydrogens (tertiary/aromatic N) is 3. The van der Waals surface area contributed by atoms with Gasteiger partial charge in [-0.1, -0.05) is 0 Å². The molecule has 6 nitrogen and oxygen atoms in total. The highest BCUT2D eigenvalue weighted by molar-refractivity contribution is 5.99. The molecule has 1 N–H and O–H groups in total. The van der Waals surface area contributed by atoms with Crippen molar-refractivity contribution in [3.8, 4) is 5.69 Å². The third-order valence-electron chi connectivity index (χ3n) is 3.74. The molecule has 2 aromatic rings. The van der Waals surface area contributed by atoms with Crippen LogP contribution in [0.1, 0.15) is 12.2 Å². The van der Waals surface area contributed by atoms with E-state index in [4.69, 9.17) is 5.11 Å². The Bertz CT molecular complexity index is 690. The second kappa shape index (κ2) is 5.05. The van der Waals surface area contributed by atoms with Gasteiger partial charge in [0.05, 0.1) is 5.92 Å². The van der Waals surface area contributed by atoms with Gasteiger partial charge in [-0.25, -0.2) is 4.98 Å². The fourth-order valence-electron chi connectivity index (χ4n) is 2.57. The quantitative estimate of drug-likeness (QED) is 0.929. The summed E-state index contributed by atoms with van der Waals surface area (Å²) in [6, 6.07) is 7.45. The zero-order valence-corrected chi connectivity index (χ0v) is 11.6. The van der Waals surface area contributed by atoms with E-state index in [0.717, 1.165) is 17.2 Å². The average molecular weight is 285 g/mol. The van der Waals surface area contributed by atoms with Gasteiger partial charge >= 0.3 is 5.97 Å². The second-order valence-corrected chi connectivity index (χ2v) is 5.10. The van der Waals surface area contributed by atoms with Crippen molar-refractivity contribution in [1.82, 2.24) is 9.55 Å². The predicted octanol–water partition coefficient (Wildman–Crippen LogP) is 1.62. The average Bonchev–Trinajstić information content (AvgIpc) is 3.05. The van der Waals surface area contributed by atoms with Crippen LogP contribution in [0.5, 0.6) is 0 Å². The Kier molecular flexibility index (Phi) is 3.21. The molecule has 1 aliphatic heterocycles. The van der Waals surface area contributed by atoms with E-state index in [1.165, 1.54) is 4.90 Å². The number of aliphatic carboxylic acids is 1. The smallest absolute Gasteiger partial charge is 0.308 e. The first-order chi connectivity index (χ1) is 10.1. The highest BCUT2D eigenvalue weighted by Crippen LogP contribution is 2.26. The molecule has 0 aliphatic carbocycles. The minimum atomic E-state index is -0.920. The summed E-state index contributed by atoms with van der Waals surface area (Å²) >= 11 is 0. The molecule has 1 aromatic carbocycles. The molecule has 21 heavy (non-hydrogen) atoms. The lowest BCUT2D eigenvalue weighted by atomic mass is 10.1. The van der Waals surface area contributed by atoms with Gasteiger partial charge in [0.25, 0.3) is 0 Å². The lowest BCUT2D eigenvalue weighted by Gasteiger charge is -2.16. The number of aromatic nitrogens is 2. The maximum atomic E-state index is 11.9. The number of hydrogen-bond donors (Lipinski definition) is 1. The molecule has 1 amide bonds. The number of benzene rings is 1. The molecule has 0 radical (unpaired) electrons. The summed E-state index contributed by atoms with van der Waals surface area (Å²) in [6.45, 7) is 2.15. The summed E-state index contributed by atoms with van der Waals surface area (Å²) in [6.07, 6.45) is 3.66. The molecule has 1 aromatic heterocycles. The van der Waals surface area contributed by atoms with E-state index in [0.29, 0.717) is 0 Å². The third kappa shape index (κ3) is 2.40. The number of hydrogen-bond acceptors (Lipinski definition) is 3. The van der Waals surface area contributed by atoms with Crippen molar-refractivity contribution >= 4 is 17.6 Å². The van der Waals surface area contributed by atoms with Gasteiger partial charge in [-0.15, -0.1) is 0 Å². The van der Waals surface area contributed by atoms with Crippen LogP contribution in [0, 0.1) is 12.8 Å². The van der Waals surface area contributed by atoms with Crippen LogP contribution in [0.4, 0.5) is 5.69 Å². The van der Waals surface area contributed by atoms with E-state index in [9.17, 15) is 9.59 Å². The van der Waals surface area contributed by atoms with E-state index in [1.54, 1.807) is 6.20 Å². The molecule has 1 atom stereocenters. The second-order valence-electron chi connectivity index (χ2n) is 5.10. The van der Waals surface area contributed by atoms with Crippen molar-refractivity contribution in [2.24, 2.45) is 5.92 Å². The number of carbonyl (C=O) groups is 2. The van der Waals surface area contributed by atoms with E-state index < -0.39 is 11.9 Å². The van der Waals surface area contributed by atoms with Crippen LogP contribution >= 0.6 is 0 Å². The predicted molar refractivity (Wildman–Crippen MR) is 76.4 cm³/mol. The number of aryl methyl sites for hydroxylation is 1. The molecule has 2 heterocycles. The number of anilines is 1. The number of amides is 1. The molecule has 1 fully saturated rings. The van der Waals surface area contributed by atoms with Crippen LogP contribution in [-0.2, 0) is 9.59 Å². The molecule has 0 saturated carbocycles. The molecule has 1 aliphatic rings. The lowest BCUT2D eigenvalue weighted by Crippen LogP contribution is -2.25. The molecular formula is C15H15N3O3. The van der Waals surface area contributed by atoms with Gasteiger partial charge in [-0.2, -0.15) is 0 Å². The summed E-state index contributed by atoms with van der Waals surface area (Å²) in [4.78, 5) is 28.6. The number of imidazole rings is 1. The van der Waals surface area contributed by atoms with E-state index in [2.05, 4.69) is 4.98 Å². The largest absolute Gasteiger partial charge is 0.481 e. The highest BCUT2D eigenvalue weighted by atomic mass is 16.4. The molecule has 1 unspecified atom stereocenters. The minimum Gasteiger partial charge on any atom is -0.481 e. The van der Waals surface area contributed by atoms with Gasteiger partial charge in [0.1, 0.15) is 5.82 Å². The summed E-state index contributed by atoms with van der Waals surface area (Å²) in [5.41, 5.74) is 1.68. The normalized spacial score (nSPS) is 18.2. The van der Waals surface area contributed by atoms with Crippen molar-refractivity contribution in [2.45, 2.75) is 13.3 Å². The van der Waals surface area contributed by atoms with Crippen LogP contribution in [0.15, 0.2) is 36.7 Å². The van der Waals surface area contributed by atoms with E-state index >= 15 is 0 Å². The lowest BCUT2D eigenvalue weighted by molar-refractivity contribution is -0.141. The third-order valence-corrected chi connectivity index (χ3v) is 3.74. The molecule has 6 heteroatoms. The molecule has 1 saturated heterocycles. The van der Waals surface area contributed by atoms with Crippen LogP contribution in [-0.4, -0.2) is 33.1 Å². The van der Waals surface area contributed by atoms with Crippen LogP contribution in [0.2, 0.25) is 0 Å². The molecule has 108 valence electrons. The Labute approximate surface area is 121 Å². The van der Waals surface area contributed by atoms with Gasteiger partial charge < -0.3 is 14.6 Å². The summed E-state index contributed by atoms with van der Waals surface area (Å²) in [7, 11) is 0. The van der Waals surface area contributed by atoms with Gasteiger partial charge in [0.15, 0.2) is 0 Å². The first-order valence-corrected chi connectivity index (χ1v) is 6.70. The number of carbonyl (C=O) groups excluding carboxylic acids is 1. The van der Waals surface area contributed by atoms with Crippen molar-refractivity contribution in [3.05, 3.63) is 42.5 Å². The summed E-state index contributed by atoms with van der Waals surface area (Å²) < 4.78 is 1.94. The number of carboxylic acids is 1. The first kappa shape index (κ1) is 13.4. The van der Waals surface area contributed by atoms with Crippen molar-refractivity contribution in [1.29, 1.82) is 0 Å². The van der Waals surface area contributed by atoms with Gasteiger partial charge in [-0.3, -0.25) is 9.59 Å². The standard InChI is InChI=1S/C15H15N3O3/c1-10-16-6-7-17(10)12-2-4-13(5-3-12)18-9-11(15(20)21)8-14(18)19/h2-7,11H,8-9H2,1H3,(H,20,21). The number of carboxylic acid groups (broad SMARTS) is 1.